The minimum absolute atomic E-state index is 0.129. The second-order valence-electron chi connectivity index (χ2n) is 3.23. The van der Waals surface area contributed by atoms with Crippen LogP contribution in [-0.4, -0.2) is 16.1 Å². The fraction of sp³-hybridized carbons (Fsp3) is 0.0909. The summed E-state index contributed by atoms with van der Waals surface area (Å²) in [5.74, 6) is -0.904. The lowest BCUT2D eigenvalue weighted by molar-refractivity contribution is 0.0662. The topological polar surface area (TPSA) is 63.3 Å². The van der Waals surface area contributed by atoms with Gasteiger partial charge in [-0.2, -0.15) is 0 Å². The molecule has 0 bridgehead atoms. The van der Waals surface area contributed by atoms with Crippen LogP contribution in [0.1, 0.15) is 16.4 Å². The molecule has 0 aliphatic carbocycles. The summed E-state index contributed by atoms with van der Waals surface area (Å²) in [6.45, 7) is 1.62. The summed E-state index contributed by atoms with van der Waals surface area (Å²) >= 11 is 3.32. The molecule has 16 heavy (non-hydrogen) atoms. The predicted molar refractivity (Wildman–Crippen MR) is 61.3 cm³/mol. The smallest absolute Gasteiger partial charge is 0.374 e. The Balaban J connectivity index is 2.59. The van der Waals surface area contributed by atoms with Crippen molar-refractivity contribution in [1.29, 1.82) is 0 Å². The molecule has 0 amide bonds. The highest BCUT2D eigenvalue weighted by atomic mass is 79.9. The van der Waals surface area contributed by atoms with Crippen LogP contribution in [0.25, 0.3) is 11.3 Å². The number of hydrogen-bond acceptors (Lipinski definition) is 3. The van der Waals surface area contributed by atoms with E-state index in [9.17, 15) is 4.79 Å². The van der Waals surface area contributed by atoms with Crippen LogP contribution < -0.4 is 0 Å². The Hall–Kier alpha value is -1.62. The molecule has 5 heteroatoms. The number of halogens is 1. The molecule has 1 heterocycles. The van der Waals surface area contributed by atoms with Crippen molar-refractivity contribution in [3.05, 3.63) is 40.4 Å². The molecule has 0 radical (unpaired) electrons. The predicted octanol–water partition coefficient (Wildman–Crippen LogP) is 3.11. The maximum Gasteiger partial charge on any atom is 0.374 e. The van der Waals surface area contributed by atoms with Gasteiger partial charge >= 0.3 is 5.97 Å². The van der Waals surface area contributed by atoms with Gasteiger partial charge in [0.1, 0.15) is 5.69 Å². The number of benzene rings is 1. The number of carboxylic acids is 1. The summed E-state index contributed by atoms with van der Waals surface area (Å²) < 4.78 is 5.91. The molecule has 2 rings (SSSR count). The molecule has 0 atom stereocenters. The lowest BCUT2D eigenvalue weighted by atomic mass is 10.1. The maximum atomic E-state index is 10.9. The summed E-state index contributed by atoms with van der Waals surface area (Å²) in [4.78, 5) is 15.0. The Kier molecular flexibility index (Phi) is 2.78. The van der Waals surface area contributed by atoms with Crippen molar-refractivity contribution in [3.63, 3.8) is 0 Å². The molecule has 1 N–H and O–H groups in total. The molecule has 1 aromatic heterocycles. The van der Waals surface area contributed by atoms with E-state index in [1.807, 2.05) is 12.1 Å². The monoisotopic (exact) mass is 281 g/mol. The van der Waals surface area contributed by atoms with Crippen LogP contribution in [0.4, 0.5) is 0 Å². The molecular formula is C11H8BrNO3. The molecule has 0 saturated heterocycles. The standard InChI is InChI=1S/C11H8BrNO3/c1-6-13-9(10(16-6)11(14)15)7-3-2-4-8(12)5-7/h2-5H,1H3,(H,14,15). The summed E-state index contributed by atoms with van der Waals surface area (Å²) in [6, 6.07) is 7.25. The minimum Gasteiger partial charge on any atom is -0.475 e. The van der Waals surface area contributed by atoms with Crippen LogP contribution in [-0.2, 0) is 0 Å². The Labute approximate surface area is 100 Å². The van der Waals surface area contributed by atoms with E-state index in [0.29, 0.717) is 17.1 Å². The second-order valence-corrected chi connectivity index (χ2v) is 4.14. The van der Waals surface area contributed by atoms with E-state index >= 15 is 0 Å². The average Bonchev–Trinajstić information content (AvgIpc) is 2.60. The van der Waals surface area contributed by atoms with Gasteiger partial charge in [0.05, 0.1) is 0 Å². The number of oxazole rings is 1. The summed E-state index contributed by atoms with van der Waals surface area (Å²) in [6.07, 6.45) is 0. The number of rotatable bonds is 2. The Bertz CT molecular complexity index is 548. The van der Waals surface area contributed by atoms with Crippen molar-refractivity contribution in [1.82, 2.24) is 4.98 Å². The first-order chi connectivity index (χ1) is 7.58. The third-order valence-electron chi connectivity index (χ3n) is 2.03. The number of aromatic carboxylic acids is 1. The van der Waals surface area contributed by atoms with Crippen LogP contribution >= 0.6 is 15.9 Å². The van der Waals surface area contributed by atoms with Crippen LogP contribution in [0.3, 0.4) is 0 Å². The van der Waals surface area contributed by atoms with E-state index in [-0.39, 0.29) is 5.76 Å². The number of nitrogens with zero attached hydrogens (tertiary/aromatic N) is 1. The van der Waals surface area contributed by atoms with Crippen molar-refractivity contribution < 1.29 is 14.3 Å². The van der Waals surface area contributed by atoms with Gasteiger partial charge in [-0.05, 0) is 12.1 Å². The molecule has 0 unspecified atom stereocenters. The lowest BCUT2D eigenvalue weighted by Crippen LogP contribution is -1.96. The van der Waals surface area contributed by atoms with E-state index in [4.69, 9.17) is 9.52 Å². The Morgan fingerprint density at radius 2 is 2.25 bits per heavy atom. The molecular weight excluding hydrogens is 274 g/mol. The van der Waals surface area contributed by atoms with E-state index in [1.54, 1.807) is 19.1 Å². The number of carboxylic acid groups (broad SMARTS) is 1. The quantitative estimate of drug-likeness (QED) is 0.919. The van der Waals surface area contributed by atoms with Crippen LogP contribution in [0.5, 0.6) is 0 Å². The van der Waals surface area contributed by atoms with Gasteiger partial charge in [0.2, 0.25) is 5.76 Å². The number of hydrogen-bond donors (Lipinski definition) is 1. The largest absolute Gasteiger partial charge is 0.475 e. The van der Waals surface area contributed by atoms with Crippen molar-refractivity contribution >= 4 is 21.9 Å². The zero-order chi connectivity index (χ0) is 11.7. The van der Waals surface area contributed by atoms with Gasteiger partial charge in [0, 0.05) is 17.0 Å². The van der Waals surface area contributed by atoms with E-state index in [2.05, 4.69) is 20.9 Å². The molecule has 0 saturated carbocycles. The van der Waals surface area contributed by atoms with E-state index < -0.39 is 5.97 Å². The zero-order valence-corrected chi connectivity index (χ0v) is 9.98. The number of carbonyl (C=O) groups is 1. The van der Waals surface area contributed by atoms with Gasteiger partial charge in [-0.25, -0.2) is 9.78 Å². The minimum atomic E-state index is -1.12. The van der Waals surface area contributed by atoms with Gasteiger partial charge in [-0.3, -0.25) is 0 Å². The average molecular weight is 282 g/mol. The SMILES string of the molecule is Cc1nc(-c2cccc(Br)c2)c(C(=O)O)o1. The van der Waals surface area contributed by atoms with Gasteiger partial charge in [0.15, 0.2) is 5.89 Å². The second kappa shape index (κ2) is 4.09. The van der Waals surface area contributed by atoms with Crippen molar-refractivity contribution in [2.75, 3.05) is 0 Å². The van der Waals surface area contributed by atoms with Gasteiger partial charge in [-0.1, -0.05) is 28.1 Å². The Morgan fingerprint density at radius 1 is 1.50 bits per heavy atom. The highest BCUT2D eigenvalue weighted by Gasteiger charge is 2.19. The van der Waals surface area contributed by atoms with Gasteiger partial charge in [-0.15, -0.1) is 0 Å². The number of aromatic nitrogens is 1. The van der Waals surface area contributed by atoms with Crippen molar-refractivity contribution in [2.24, 2.45) is 0 Å². The molecule has 82 valence electrons. The van der Waals surface area contributed by atoms with E-state index in [0.717, 1.165) is 4.47 Å². The first kappa shape index (κ1) is 10.9. The molecule has 2 aromatic rings. The molecule has 4 nitrogen and oxygen atoms in total. The first-order valence-electron chi connectivity index (χ1n) is 4.54. The summed E-state index contributed by atoms with van der Waals surface area (Å²) in [7, 11) is 0. The highest BCUT2D eigenvalue weighted by Crippen LogP contribution is 2.26. The highest BCUT2D eigenvalue weighted by molar-refractivity contribution is 9.10. The maximum absolute atomic E-state index is 10.9. The normalized spacial score (nSPS) is 10.4. The fourth-order valence-corrected chi connectivity index (χ4v) is 1.80. The van der Waals surface area contributed by atoms with Crippen molar-refractivity contribution in [3.8, 4) is 11.3 Å². The first-order valence-corrected chi connectivity index (χ1v) is 5.34. The molecule has 0 spiro atoms. The molecule has 0 aliphatic rings. The lowest BCUT2D eigenvalue weighted by Gasteiger charge is -1.98. The summed E-state index contributed by atoms with van der Waals surface area (Å²) in [5.41, 5.74) is 1.06. The molecule has 1 aromatic carbocycles. The van der Waals surface area contributed by atoms with Gasteiger partial charge < -0.3 is 9.52 Å². The van der Waals surface area contributed by atoms with Crippen LogP contribution in [0.15, 0.2) is 33.2 Å². The fourth-order valence-electron chi connectivity index (χ4n) is 1.40. The third-order valence-corrected chi connectivity index (χ3v) is 2.52. The van der Waals surface area contributed by atoms with Crippen molar-refractivity contribution in [2.45, 2.75) is 6.92 Å². The molecule has 0 fully saturated rings. The third kappa shape index (κ3) is 1.99. The zero-order valence-electron chi connectivity index (χ0n) is 8.40. The van der Waals surface area contributed by atoms with Gasteiger partial charge in [0.25, 0.3) is 0 Å². The Morgan fingerprint density at radius 3 is 2.88 bits per heavy atom. The van der Waals surface area contributed by atoms with Crippen LogP contribution in [0, 0.1) is 6.92 Å². The van der Waals surface area contributed by atoms with E-state index in [1.165, 1.54) is 0 Å². The number of aryl methyl sites for hydroxylation is 1. The summed E-state index contributed by atoms with van der Waals surface area (Å²) in [5, 5.41) is 8.96. The molecule has 0 aliphatic heterocycles. The van der Waals surface area contributed by atoms with Crippen LogP contribution in [0.2, 0.25) is 0 Å².